The number of carboxylic acid groups (broad SMARTS) is 1. The van der Waals surface area contributed by atoms with E-state index < -0.39 is 5.97 Å². The molecule has 0 atom stereocenters. The number of nitrogens with zero attached hydrogens (tertiary/aromatic N) is 1. The number of aryl methyl sites for hydroxylation is 1. The standard InChI is InChI=1S/C34H38N2O4/c1-25(2)30-23-36(19-9-17-33(37)38)24-31(30)34(39)28-14-8-15-29(22-28)35-18-10-20-40-32-16-7-6-13-27(32)21-26-11-4-3-5-12-26/h3-8,11-16,22-25,35H,9-10,17-21H2,1-2H3,(H,37,38). The third-order valence-corrected chi connectivity index (χ3v) is 6.83. The normalized spacial score (nSPS) is 11.0. The van der Waals surface area contributed by atoms with Crippen molar-refractivity contribution >= 4 is 17.4 Å². The lowest BCUT2D eigenvalue weighted by Gasteiger charge is -2.13. The van der Waals surface area contributed by atoms with Gasteiger partial charge in [0.15, 0.2) is 5.78 Å². The number of hydrogen-bond donors (Lipinski definition) is 2. The molecule has 0 aliphatic carbocycles. The Morgan fingerprint density at radius 3 is 2.48 bits per heavy atom. The quantitative estimate of drug-likeness (QED) is 0.124. The number of anilines is 1. The van der Waals surface area contributed by atoms with Crippen LogP contribution in [0.25, 0.3) is 0 Å². The van der Waals surface area contributed by atoms with E-state index in [1.165, 1.54) is 11.1 Å². The number of aromatic nitrogens is 1. The molecule has 4 aromatic rings. The average molecular weight is 539 g/mol. The summed E-state index contributed by atoms with van der Waals surface area (Å²) in [6.07, 6.45) is 6.11. The Hall–Kier alpha value is -4.32. The second kappa shape index (κ2) is 14.2. The topological polar surface area (TPSA) is 80.6 Å². The lowest BCUT2D eigenvalue weighted by atomic mass is 9.96. The van der Waals surface area contributed by atoms with E-state index in [4.69, 9.17) is 9.84 Å². The largest absolute Gasteiger partial charge is 0.493 e. The van der Waals surface area contributed by atoms with Crippen LogP contribution in [0, 0.1) is 0 Å². The Balaban J connectivity index is 1.31. The molecule has 6 heteroatoms. The first-order chi connectivity index (χ1) is 19.4. The number of carbonyl (C=O) groups is 2. The third kappa shape index (κ3) is 8.09. The lowest BCUT2D eigenvalue weighted by molar-refractivity contribution is -0.137. The van der Waals surface area contributed by atoms with E-state index in [1.807, 2.05) is 65.5 Å². The molecule has 0 aliphatic rings. The van der Waals surface area contributed by atoms with Gasteiger partial charge in [-0.2, -0.15) is 0 Å². The van der Waals surface area contributed by atoms with Crippen molar-refractivity contribution in [2.24, 2.45) is 0 Å². The number of para-hydroxylation sites is 1. The number of aliphatic carboxylic acids is 1. The summed E-state index contributed by atoms with van der Waals surface area (Å²) < 4.78 is 8.05. The highest BCUT2D eigenvalue weighted by molar-refractivity contribution is 6.10. The molecule has 0 radical (unpaired) electrons. The number of benzene rings is 3. The summed E-state index contributed by atoms with van der Waals surface area (Å²) in [5, 5.41) is 12.4. The van der Waals surface area contributed by atoms with E-state index in [2.05, 4.69) is 49.5 Å². The van der Waals surface area contributed by atoms with Crippen molar-refractivity contribution in [1.29, 1.82) is 0 Å². The highest BCUT2D eigenvalue weighted by atomic mass is 16.5. The van der Waals surface area contributed by atoms with Crippen LogP contribution in [0.1, 0.15) is 71.6 Å². The van der Waals surface area contributed by atoms with Gasteiger partial charge in [0.25, 0.3) is 0 Å². The number of ketones is 1. The van der Waals surface area contributed by atoms with E-state index in [9.17, 15) is 9.59 Å². The van der Waals surface area contributed by atoms with Gasteiger partial charge in [-0.15, -0.1) is 0 Å². The molecule has 0 saturated heterocycles. The average Bonchev–Trinajstić information content (AvgIpc) is 3.38. The van der Waals surface area contributed by atoms with Crippen molar-refractivity contribution in [3.05, 3.63) is 119 Å². The minimum atomic E-state index is -0.809. The lowest BCUT2D eigenvalue weighted by Crippen LogP contribution is -2.09. The molecule has 0 unspecified atom stereocenters. The maximum absolute atomic E-state index is 13.5. The van der Waals surface area contributed by atoms with E-state index in [-0.39, 0.29) is 18.1 Å². The number of carboxylic acids is 1. The maximum Gasteiger partial charge on any atom is 0.303 e. The molecule has 3 aromatic carbocycles. The van der Waals surface area contributed by atoms with Crippen LogP contribution in [0.2, 0.25) is 0 Å². The van der Waals surface area contributed by atoms with Crippen molar-refractivity contribution in [1.82, 2.24) is 4.57 Å². The van der Waals surface area contributed by atoms with Gasteiger partial charge in [-0.3, -0.25) is 9.59 Å². The number of hydrogen-bond acceptors (Lipinski definition) is 4. The fraction of sp³-hybridized carbons (Fsp3) is 0.294. The molecule has 1 heterocycles. The van der Waals surface area contributed by atoms with Gasteiger partial charge in [0.1, 0.15) is 5.75 Å². The number of carbonyl (C=O) groups excluding carboxylic acids is 1. The van der Waals surface area contributed by atoms with E-state index >= 15 is 0 Å². The van der Waals surface area contributed by atoms with Crippen LogP contribution in [-0.2, 0) is 17.8 Å². The molecule has 0 saturated carbocycles. The Bertz CT molecular complexity index is 1410. The molecule has 0 spiro atoms. The minimum absolute atomic E-state index is 0.0253. The molecule has 0 aliphatic heterocycles. The first-order valence-electron chi connectivity index (χ1n) is 14.0. The molecule has 40 heavy (non-hydrogen) atoms. The van der Waals surface area contributed by atoms with Crippen LogP contribution < -0.4 is 10.1 Å². The molecule has 6 nitrogen and oxygen atoms in total. The van der Waals surface area contributed by atoms with Crippen LogP contribution in [-0.4, -0.2) is 34.6 Å². The van der Waals surface area contributed by atoms with Crippen LogP contribution in [0.3, 0.4) is 0 Å². The molecular formula is C34H38N2O4. The minimum Gasteiger partial charge on any atom is -0.493 e. The molecule has 0 bridgehead atoms. The molecule has 208 valence electrons. The first kappa shape index (κ1) is 28.7. The van der Waals surface area contributed by atoms with Crippen LogP contribution in [0.4, 0.5) is 5.69 Å². The molecule has 0 fully saturated rings. The first-order valence-corrected chi connectivity index (χ1v) is 14.0. The number of ether oxygens (including phenoxy) is 1. The van der Waals surface area contributed by atoms with Gasteiger partial charge >= 0.3 is 5.97 Å². The smallest absolute Gasteiger partial charge is 0.303 e. The fourth-order valence-electron chi connectivity index (χ4n) is 4.74. The fourth-order valence-corrected chi connectivity index (χ4v) is 4.74. The van der Waals surface area contributed by atoms with Gasteiger partial charge in [-0.25, -0.2) is 0 Å². The Labute approximate surface area is 236 Å². The summed E-state index contributed by atoms with van der Waals surface area (Å²) in [6, 6.07) is 26.1. The van der Waals surface area contributed by atoms with Crippen LogP contribution in [0.15, 0.2) is 91.3 Å². The monoisotopic (exact) mass is 538 g/mol. The maximum atomic E-state index is 13.5. The van der Waals surface area contributed by atoms with Crippen LogP contribution in [0.5, 0.6) is 5.75 Å². The Morgan fingerprint density at radius 2 is 1.70 bits per heavy atom. The van der Waals surface area contributed by atoms with Crippen molar-refractivity contribution < 1.29 is 19.4 Å². The zero-order valence-electron chi connectivity index (χ0n) is 23.3. The van der Waals surface area contributed by atoms with Crippen molar-refractivity contribution in [3.63, 3.8) is 0 Å². The summed E-state index contributed by atoms with van der Waals surface area (Å²) in [5.41, 5.74) is 5.59. The van der Waals surface area contributed by atoms with Gasteiger partial charge in [-0.05, 0) is 53.6 Å². The predicted octanol–water partition coefficient (Wildman–Crippen LogP) is 7.18. The summed E-state index contributed by atoms with van der Waals surface area (Å²) >= 11 is 0. The number of rotatable bonds is 15. The van der Waals surface area contributed by atoms with Crippen molar-refractivity contribution in [3.8, 4) is 5.75 Å². The van der Waals surface area contributed by atoms with E-state index in [1.54, 1.807) is 0 Å². The number of nitrogens with one attached hydrogen (secondary N) is 1. The summed E-state index contributed by atoms with van der Waals surface area (Å²) in [6.45, 7) is 6.00. The Kier molecular flexibility index (Phi) is 10.2. The zero-order valence-corrected chi connectivity index (χ0v) is 23.3. The molecule has 1 aromatic heterocycles. The van der Waals surface area contributed by atoms with E-state index in [0.29, 0.717) is 30.7 Å². The van der Waals surface area contributed by atoms with Crippen LogP contribution >= 0.6 is 0 Å². The summed E-state index contributed by atoms with van der Waals surface area (Å²) in [5.74, 6) is 0.257. The molecular weight excluding hydrogens is 500 g/mol. The second-order valence-electron chi connectivity index (χ2n) is 10.3. The van der Waals surface area contributed by atoms with E-state index in [0.717, 1.165) is 36.4 Å². The molecule has 2 N–H and O–H groups in total. The Morgan fingerprint density at radius 1 is 0.925 bits per heavy atom. The highest BCUT2D eigenvalue weighted by Crippen LogP contribution is 2.25. The van der Waals surface area contributed by atoms with Gasteiger partial charge in [0.2, 0.25) is 0 Å². The van der Waals surface area contributed by atoms with Gasteiger partial charge in [0, 0.05) is 55.1 Å². The van der Waals surface area contributed by atoms with Gasteiger partial charge in [-0.1, -0.05) is 74.5 Å². The second-order valence-corrected chi connectivity index (χ2v) is 10.3. The summed E-state index contributed by atoms with van der Waals surface area (Å²) in [4.78, 5) is 24.3. The molecule has 0 amide bonds. The predicted molar refractivity (Wildman–Crippen MR) is 160 cm³/mol. The SMILES string of the molecule is CC(C)c1cn(CCCC(=O)O)cc1C(=O)c1cccc(NCCCOc2ccccc2Cc2ccccc2)c1. The van der Waals surface area contributed by atoms with Gasteiger partial charge in [0.05, 0.1) is 6.61 Å². The van der Waals surface area contributed by atoms with Crippen molar-refractivity contribution in [2.75, 3.05) is 18.5 Å². The van der Waals surface area contributed by atoms with Crippen molar-refractivity contribution in [2.45, 2.75) is 52.0 Å². The molecule has 4 rings (SSSR count). The summed E-state index contributed by atoms with van der Waals surface area (Å²) in [7, 11) is 0. The highest BCUT2D eigenvalue weighted by Gasteiger charge is 2.19. The third-order valence-electron chi connectivity index (χ3n) is 6.83. The zero-order chi connectivity index (χ0) is 28.3. The van der Waals surface area contributed by atoms with Gasteiger partial charge < -0.3 is 19.7 Å².